The molecular formula is C34H40IN3O7. The van der Waals surface area contributed by atoms with Crippen LogP contribution in [0.25, 0.3) is 10.9 Å². The first-order valence-corrected chi connectivity index (χ1v) is 16.5. The fourth-order valence-corrected chi connectivity index (χ4v) is 7.15. The van der Waals surface area contributed by atoms with Crippen LogP contribution in [0, 0.1) is 9.49 Å². The molecule has 1 aromatic heterocycles. The van der Waals surface area contributed by atoms with Gasteiger partial charge in [0.25, 0.3) is 0 Å². The Labute approximate surface area is 276 Å². The summed E-state index contributed by atoms with van der Waals surface area (Å²) in [5.41, 5.74) is 2.74. The third-order valence-corrected chi connectivity index (χ3v) is 9.52. The second kappa shape index (κ2) is 15.2. The van der Waals surface area contributed by atoms with E-state index in [0.29, 0.717) is 57.8 Å². The quantitative estimate of drug-likeness (QED) is 0.153. The fourth-order valence-electron chi connectivity index (χ4n) is 6.40. The van der Waals surface area contributed by atoms with Crippen molar-refractivity contribution in [2.24, 2.45) is 5.92 Å². The molecule has 240 valence electrons. The summed E-state index contributed by atoms with van der Waals surface area (Å²) >= 11 is 2.04. The molecule has 1 heterocycles. The molecule has 45 heavy (non-hydrogen) atoms. The average Bonchev–Trinajstić information content (AvgIpc) is 3.71. The van der Waals surface area contributed by atoms with Crippen molar-refractivity contribution < 1.29 is 34.1 Å². The number of carbonyl (C=O) groups excluding carboxylic acids is 3. The maximum atomic E-state index is 14.0. The van der Waals surface area contributed by atoms with E-state index in [1.165, 1.54) is 7.11 Å². The van der Waals surface area contributed by atoms with Gasteiger partial charge in [-0.05, 0) is 77.1 Å². The highest BCUT2D eigenvalue weighted by atomic mass is 127. The zero-order valence-corrected chi connectivity index (χ0v) is 27.5. The van der Waals surface area contributed by atoms with Crippen LogP contribution < -0.4 is 14.8 Å². The molecule has 2 amide bonds. The molecular weight excluding hydrogens is 689 g/mol. The molecule has 1 fully saturated rings. The normalized spacial score (nSPS) is 20.1. The Balaban J connectivity index is 1.47. The minimum atomic E-state index is -1.17. The van der Waals surface area contributed by atoms with Gasteiger partial charge < -0.3 is 34.9 Å². The van der Waals surface area contributed by atoms with Gasteiger partial charge in [0.05, 0.1) is 23.3 Å². The second-order valence-corrected chi connectivity index (χ2v) is 12.9. The lowest BCUT2D eigenvalue weighted by atomic mass is 9.87. The third-order valence-electron chi connectivity index (χ3n) is 8.72. The number of hydrogen-bond donors (Lipinski definition) is 4. The van der Waals surface area contributed by atoms with Crippen molar-refractivity contribution in [3.05, 3.63) is 68.9 Å². The van der Waals surface area contributed by atoms with E-state index in [-0.39, 0.29) is 25.5 Å². The molecule has 0 saturated heterocycles. The monoisotopic (exact) mass is 729 g/mol. The first-order valence-electron chi connectivity index (χ1n) is 15.4. The molecule has 4 N–H and O–H groups in total. The van der Waals surface area contributed by atoms with Gasteiger partial charge in [0.1, 0.15) is 18.5 Å². The number of H-pyrrole nitrogens is 1. The number of nitrogens with zero attached hydrogens (tertiary/aromatic N) is 1. The number of aliphatic hydroxyl groups excluding tert-OH is 2. The van der Waals surface area contributed by atoms with Gasteiger partial charge in [0, 0.05) is 54.7 Å². The number of methoxy groups -OCH3 is 1. The summed E-state index contributed by atoms with van der Waals surface area (Å²) in [6.07, 6.45) is 5.39. The van der Waals surface area contributed by atoms with E-state index >= 15 is 0 Å². The zero-order valence-electron chi connectivity index (χ0n) is 25.3. The number of hydrogen-bond acceptors (Lipinski definition) is 7. The first kappa shape index (κ1) is 33.0. The van der Waals surface area contributed by atoms with Crippen LogP contribution in [0.3, 0.4) is 0 Å². The van der Waals surface area contributed by atoms with Crippen molar-refractivity contribution in [1.29, 1.82) is 0 Å². The van der Waals surface area contributed by atoms with Crippen molar-refractivity contribution in [2.45, 2.75) is 63.2 Å². The number of para-hydroxylation sites is 1. The lowest BCUT2D eigenvalue weighted by molar-refractivity contribution is -0.139. The molecule has 3 atom stereocenters. The van der Waals surface area contributed by atoms with E-state index in [0.717, 1.165) is 42.3 Å². The topological polar surface area (TPSA) is 141 Å². The number of fused-ring (bicyclic) bond motifs is 1. The molecule has 0 radical (unpaired) electrons. The molecule has 1 saturated carbocycles. The van der Waals surface area contributed by atoms with E-state index in [2.05, 4.69) is 16.4 Å². The fraction of sp³-hybridized carbons (Fsp3) is 0.441. The highest BCUT2D eigenvalue weighted by Gasteiger charge is 2.41. The Kier molecular flexibility index (Phi) is 11.2. The van der Waals surface area contributed by atoms with Crippen molar-refractivity contribution >= 4 is 51.6 Å². The number of amides is 2. The maximum absolute atomic E-state index is 14.0. The third kappa shape index (κ3) is 7.87. The highest BCUT2D eigenvalue weighted by molar-refractivity contribution is 14.1. The van der Waals surface area contributed by atoms with Gasteiger partial charge in [0.15, 0.2) is 11.5 Å². The highest BCUT2D eigenvalue weighted by Crippen LogP contribution is 2.37. The molecule has 10 nitrogen and oxygen atoms in total. The van der Waals surface area contributed by atoms with Crippen LogP contribution in [0.1, 0.15) is 54.6 Å². The molecule has 0 spiro atoms. The Morgan fingerprint density at radius 3 is 2.67 bits per heavy atom. The van der Waals surface area contributed by atoms with Gasteiger partial charge in [0.2, 0.25) is 11.8 Å². The summed E-state index contributed by atoms with van der Waals surface area (Å²) in [5, 5.41) is 25.0. The van der Waals surface area contributed by atoms with E-state index in [1.807, 2.05) is 46.9 Å². The number of ether oxygens (including phenoxy) is 2. The molecule has 3 aromatic rings. The summed E-state index contributed by atoms with van der Waals surface area (Å²) in [5.74, 6) is 0.477. The van der Waals surface area contributed by atoms with Gasteiger partial charge in [-0.3, -0.25) is 14.4 Å². The lowest BCUT2D eigenvalue weighted by Gasteiger charge is -2.41. The van der Waals surface area contributed by atoms with Gasteiger partial charge in [-0.15, -0.1) is 0 Å². The van der Waals surface area contributed by atoms with E-state index in [1.54, 1.807) is 23.1 Å². The standard InChI is InChI=1S/C34H40IN3O7/c1-44-30-15-22(20-40)14-26(35)33(30)45-29-19-24(34(43)36-11-13-39)18-28(32(29)42)38(31(41)16-21-6-2-3-7-21)12-10-25-17-23-8-4-5-9-27(23)37-25/h4-5,8-9,14-15,17,19-21,28-29,32,37,39,42H,2-3,6-7,10-13,16,18H2,1H3,(H,36,43)/t28-,29+,32+/m1/s1. The van der Waals surface area contributed by atoms with E-state index < -0.39 is 24.2 Å². The Morgan fingerprint density at radius 2 is 1.96 bits per heavy atom. The molecule has 0 bridgehead atoms. The summed E-state index contributed by atoms with van der Waals surface area (Å²) in [7, 11) is 1.46. The SMILES string of the molecule is COc1cc(C=O)cc(I)c1O[C@H]1C=C(C(=O)NCCO)C[C@@H](N(CCc2cc3ccccc3[nH]2)C(=O)CC2CCCC2)[C@@H]1O. The van der Waals surface area contributed by atoms with Gasteiger partial charge in [-0.2, -0.15) is 0 Å². The lowest BCUT2D eigenvalue weighted by Crippen LogP contribution is -2.55. The molecule has 2 aromatic carbocycles. The van der Waals surface area contributed by atoms with E-state index in [4.69, 9.17) is 9.47 Å². The Morgan fingerprint density at radius 1 is 1.18 bits per heavy atom. The minimum Gasteiger partial charge on any atom is -0.493 e. The van der Waals surface area contributed by atoms with Gasteiger partial charge in [-0.25, -0.2) is 0 Å². The number of halogens is 1. The van der Waals surface area contributed by atoms with Crippen molar-refractivity contribution in [3.63, 3.8) is 0 Å². The number of aromatic nitrogens is 1. The van der Waals surface area contributed by atoms with Gasteiger partial charge in [-0.1, -0.05) is 31.0 Å². The molecule has 0 unspecified atom stereocenters. The van der Waals surface area contributed by atoms with Crippen LogP contribution in [-0.2, 0) is 16.0 Å². The summed E-state index contributed by atoms with van der Waals surface area (Å²) in [6.45, 7) is 0.186. The maximum Gasteiger partial charge on any atom is 0.247 e. The predicted octanol–water partition coefficient (Wildman–Crippen LogP) is 4.16. The van der Waals surface area contributed by atoms with Crippen LogP contribution in [0.4, 0.5) is 0 Å². The number of aldehydes is 1. The number of aliphatic hydroxyl groups is 2. The first-order chi connectivity index (χ1) is 21.8. The number of rotatable bonds is 13. The predicted molar refractivity (Wildman–Crippen MR) is 178 cm³/mol. The summed E-state index contributed by atoms with van der Waals surface area (Å²) < 4.78 is 12.5. The number of carbonyl (C=O) groups is 3. The van der Waals surface area contributed by atoms with Gasteiger partial charge >= 0.3 is 0 Å². The Hall–Kier alpha value is -3.42. The van der Waals surface area contributed by atoms with Crippen LogP contribution in [0.2, 0.25) is 0 Å². The average molecular weight is 730 g/mol. The smallest absolute Gasteiger partial charge is 0.247 e. The second-order valence-electron chi connectivity index (χ2n) is 11.7. The minimum absolute atomic E-state index is 0.0553. The van der Waals surface area contributed by atoms with Crippen LogP contribution in [-0.4, -0.2) is 83.3 Å². The largest absolute Gasteiger partial charge is 0.493 e. The molecule has 2 aliphatic rings. The van der Waals surface area contributed by atoms with Crippen LogP contribution >= 0.6 is 22.6 Å². The number of aromatic amines is 1. The van der Waals surface area contributed by atoms with Crippen LogP contribution in [0.5, 0.6) is 11.5 Å². The van der Waals surface area contributed by atoms with E-state index in [9.17, 15) is 24.6 Å². The molecule has 0 aliphatic heterocycles. The molecule has 2 aliphatic carbocycles. The molecule has 11 heteroatoms. The zero-order chi connectivity index (χ0) is 31.9. The number of benzene rings is 2. The van der Waals surface area contributed by atoms with Crippen molar-refractivity contribution in [1.82, 2.24) is 15.2 Å². The van der Waals surface area contributed by atoms with Crippen molar-refractivity contribution in [3.8, 4) is 11.5 Å². The number of nitrogens with one attached hydrogen (secondary N) is 2. The van der Waals surface area contributed by atoms with Crippen LogP contribution in [0.15, 0.2) is 54.1 Å². The summed E-state index contributed by atoms with van der Waals surface area (Å²) in [6, 6.07) is 12.5. The van der Waals surface area contributed by atoms with Crippen molar-refractivity contribution in [2.75, 3.05) is 26.8 Å². The summed E-state index contributed by atoms with van der Waals surface area (Å²) in [4.78, 5) is 43.9. The molecule has 5 rings (SSSR count). The Bertz CT molecular complexity index is 1510.